The van der Waals surface area contributed by atoms with E-state index in [0.717, 1.165) is 11.1 Å². The number of aromatic nitrogens is 4. The molecule has 86 valence electrons. The summed E-state index contributed by atoms with van der Waals surface area (Å²) in [6.45, 7) is 4.31. The van der Waals surface area contributed by atoms with Crippen LogP contribution < -0.4 is 0 Å². The SMILES string of the molecule is Cc1ccccc1-c1nnn(C[C@H](C)C#N)n1. The van der Waals surface area contributed by atoms with E-state index in [9.17, 15) is 0 Å². The maximum Gasteiger partial charge on any atom is 0.205 e. The van der Waals surface area contributed by atoms with Gasteiger partial charge in [-0.15, -0.1) is 10.2 Å². The van der Waals surface area contributed by atoms with Crippen molar-refractivity contribution in [1.29, 1.82) is 5.26 Å². The minimum absolute atomic E-state index is 0.117. The first-order chi connectivity index (χ1) is 8.20. The van der Waals surface area contributed by atoms with Gasteiger partial charge < -0.3 is 0 Å². The van der Waals surface area contributed by atoms with Gasteiger partial charge in [-0.05, 0) is 24.6 Å². The van der Waals surface area contributed by atoms with Crippen molar-refractivity contribution in [2.24, 2.45) is 5.92 Å². The number of nitriles is 1. The first-order valence-corrected chi connectivity index (χ1v) is 5.44. The molecular weight excluding hydrogens is 214 g/mol. The summed E-state index contributed by atoms with van der Waals surface area (Å²) in [5, 5.41) is 21.0. The molecule has 1 heterocycles. The van der Waals surface area contributed by atoms with Crippen LogP contribution in [-0.2, 0) is 6.54 Å². The standard InChI is InChI=1S/C12H13N5/c1-9(7-13)8-17-15-12(14-16-17)11-6-4-3-5-10(11)2/h3-6,9H,8H2,1-2H3/t9-/m1/s1. The topological polar surface area (TPSA) is 67.4 Å². The molecule has 17 heavy (non-hydrogen) atoms. The van der Waals surface area contributed by atoms with Crippen LogP contribution >= 0.6 is 0 Å². The van der Waals surface area contributed by atoms with E-state index < -0.39 is 0 Å². The van der Waals surface area contributed by atoms with Crippen LogP contribution in [0.25, 0.3) is 11.4 Å². The zero-order chi connectivity index (χ0) is 12.3. The molecule has 0 saturated heterocycles. The van der Waals surface area contributed by atoms with E-state index in [-0.39, 0.29) is 5.92 Å². The zero-order valence-electron chi connectivity index (χ0n) is 9.83. The molecule has 0 aliphatic rings. The molecule has 2 rings (SSSR count). The smallest absolute Gasteiger partial charge is 0.198 e. The van der Waals surface area contributed by atoms with E-state index >= 15 is 0 Å². The Morgan fingerprint density at radius 2 is 2.18 bits per heavy atom. The minimum atomic E-state index is -0.117. The molecule has 0 saturated carbocycles. The van der Waals surface area contributed by atoms with Crippen molar-refractivity contribution >= 4 is 0 Å². The number of hydrogen-bond acceptors (Lipinski definition) is 4. The molecule has 1 aromatic carbocycles. The summed E-state index contributed by atoms with van der Waals surface area (Å²) in [5.74, 6) is 0.488. The van der Waals surface area contributed by atoms with Crippen LogP contribution in [0.1, 0.15) is 12.5 Å². The molecule has 1 atom stereocenters. The number of nitrogens with zero attached hydrogens (tertiary/aromatic N) is 5. The van der Waals surface area contributed by atoms with Gasteiger partial charge in [-0.2, -0.15) is 10.1 Å². The van der Waals surface area contributed by atoms with Crippen molar-refractivity contribution in [3.8, 4) is 17.5 Å². The van der Waals surface area contributed by atoms with Gasteiger partial charge >= 0.3 is 0 Å². The normalized spacial score (nSPS) is 12.1. The number of hydrogen-bond donors (Lipinski definition) is 0. The van der Waals surface area contributed by atoms with Gasteiger partial charge in [0.2, 0.25) is 5.82 Å². The summed E-state index contributed by atoms with van der Waals surface area (Å²) >= 11 is 0. The Labute approximate surface area is 99.7 Å². The van der Waals surface area contributed by atoms with Gasteiger partial charge in [0.1, 0.15) is 0 Å². The van der Waals surface area contributed by atoms with Crippen molar-refractivity contribution in [3.63, 3.8) is 0 Å². The van der Waals surface area contributed by atoms with Gasteiger partial charge in [0.25, 0.3) is 0 Å². The average molecular weight is 227 g/mol. The fourth-order valence-electron chi connectivity index (χ4n) is 1.54. The molecule has 2 aromatic rings. The van der Waals surface area contributed by atoms with Crippen LogP contribution in [0, 0.1) is 24.2 Å². The fraction of sp³-hybridized carbons (Fsp3) is 0.333. The lowest BCUT2D eigenvalue weighted by molar-refractivity contribution is 0.463. The van der Waals surface area contributed by atoms with Crippen LogP contribution in [0.4, 0.5) is 0 Å². The van der Waals surface area contributed by atoms with Crippen LogP contribution in [0.5, 0.6) is 0 Å². The average Bonchev–Trinajstić information content (AvgIpc) is 2.78. The quantitative estimate of drug-likeness (QED) is 0.802. The third kappa shape index (κ3) is 2.48. The Kier molecular flexibility index (Phi) is 3.15. The van der Waals surface area contributed by atoms with E-state index in [0.29, 0.717) is 12.4 Å². The van der Waals surface area contributed by atoms with Crippen LogP contribution in [-0.4, -0.2) is 20.2 Å². The summed E-state index contributed by atoms with van der Waals surface area (Å²) in [6, 6.07) is 10.0. The lowest BCUT2D eigenvalue weighted by atomic mass is 10.1. The van der Waals surface area contributed by atoms with E-state index in [1.807, 2.05) is 38.1 Å². The fourth-order valence-corrected chi connectivity index (χ4v) is 1.54. The minimum Gasteiger partial charge on any atom is -0.198 e. The monoisotopic (exact) mass is 227 g/mol. The van der Waals surface area contributed by atoms with E-state index in [1.54, 1.807) is 0 Å². The summed E-state index contributed by atoms with van der Waals surface area (Å²) in [7, 11) is 0. The van der Waals surface area contributed by atoms with E-state index in [1.165, 1.54) is 4.80 Å². The van der Waals surface area contributed by atoms with Gasteiger partial charge in [-0.3, -0.25) is 0 Å². The van der Waals surface area contributed by atoms with E-state index in [2.05, 4.69) is 21.5 Å². The Balaban J connectivity index is 2.25. The lowest BCUT2D eigenvalue weighted by Gasteiger charge is -2.00. The molecule has 5 heteroatoms. The second-order valence-corrected chi connectivity index (χ2v) is 4.01. The highest BCUT2D eigenvalue weighted by atomic mass is 15.6. The van der Waals surface area contributed by atoms with E-state index in [4.69, 9.17) is 5.26 Å². The second-order valence-electron chi connectivity index (χ2n) is 4.01. The predicted octanol–water partition coefficient (Wildman–Crippen LogP) is 1.81. The highest BCUT2D eigenvalue weighted by molar-refractivity contribution is 5.58. The highest BCUT2D eigenvalue weighted by Crippen LogP contribution is 2.17. The summed E-state index contributed by atoms with van der Waals surface area (Å²) < 4.78 is 0. The van der Waals surface area contributed by atoms with Crippen molar-refractivity contribution in [1.82, 2.24) is 20.2 Å². The Morgan fingerprint density at radius 3 is 2.88 bits per heavy atom. The third-order valence-corrected chi connectivity index (χ3v) is 2.50. The molecule has 0 bridgehead atoms. The third-order valence-electron chi connectivity index (χ3n) is 2.50. The molecule has 0 aliphatic carbocycles. The first kappa shape index (κ1) is 11.3. The molecule has 0 fully saturated rings. The van der Waals surface area contributed by atoms with Crippen molar-refractivity contribution in [3.05, 3.63) is 29.8 Å². The zero-order valence-corrected chi connectivity index (χ0v) is 9.83. The van der Waals surface area contributed by atoms with Crippen molar-refractivity contribution in [2.45, 2.75) is 20.4 Å². The number of tetrazole rings is 1. The largest absolute Gasteiger partial charge is 0.205 e. The van der Waals surface area contributed by atoms with Crippen molar-refractivity contribution in [2.75, 3.05) is 0 Å². The molecule has 0 spiro atoms. The van der Waals surface area contributed by atoms with Gasteiger partial charge in [-0.25, -0.2) is 0 Å². The number of benzene rings is 1. The maximum atomic E-state index is 8.72. The van der Waals surface area contributed by atoms with Crippen LogP contribution in [0.2, 0.25) is 0 Å². The van der Waals surface area contributed by atoms with Gasteiger partial charge in [0.15, 0.2) is 0 Å². The highest BCUT2D eigenvalue weighted by Gasteiger charge is 2.09. The molecule has 0 radical (unpaired) electrons. The summed E-state index contributed by atoms with van der Waals surface area (Å²) in [4.78, 5) is 1.47. The summed E-state index contributed by atoms with van der Waals surface area (Å²) in [5.41, 5.74) is 2.09. The van der Waals surface area contributed by atoms with Gasteiger partial charge in [-0.1, -0.05) is 24.3 Å². The molecule has 5 nitrogen and oxygen atoms in total. The second kappa shape index (κ2) is 4.74. The number of rotatable bonds is 3. The first-order valence-electron chi connectivity index (χ1n) is 5.44. The Hall–Kier alpha value is -2.22. The molecule has 0 amide bonds. The van der Waals surface area contributed by atoms with Gasteiger partial charge in [0, 0.05) is 5.56 Å². The van der Waals surface area contributed by atoms with Crippen molar-refractivity contribution < 1.29 is 0 Å². The van der Waals surface area contributed by atoms with Crippen LogP contribution in [0.3, 0.4) is 0 Å². The molecular formula is C12H13N5. The number of aryl methyl sites for hydroxylation is 1. The maximum absolute atomic E-state index is 8.72. The predicted molar refractivity (Wildman–Crippen MR) is 62.8 cm³/mol. The molecule has 0 aliphatic heterocycles. The molecule has 0 N–H and O–H groups in total. The summed E-state index contributed by atoms with van der Waals surface area (Å²) in [6.07, 6.45) is 0. The van der Waals surface area contributed by atoms with Gasteiger partial charge in [0.05, 0.1) is 18.5 Å². The lowest BCUT2D eigenvalue weighted by Crippen LogP contribution is -2.09. The molecule has 1 aromatic heterocycles. The van der Waals surface area contributed by atoms with Crippen LogP contribution in [0.15, 0.2) is 24.3 Å². The Bertz CT molecular complexity index is 552. The molecule has 0 unspecified atom stereocenters. The Morgan fingerprint density at radius 1 is 1.41 bits per heavy atom.